The summed E-state index contributed by atoms with van der Waals surface area (Å²) in [7, 11) is 0. The summed E-state index contributed by atoms with van der Waals surface area (Å²) in [4.78, 5) is 12.7. The fourth-order valence-electron chi connectivity index (χ4n) is 7.58. The molecule has 4 unspecified atom stereocenters. The first-order chi connectivity index (χ1) is 11.3. The molecule has 0 aromatic carbocycles. The van der Waals surface area contributed by atoms with E-state index in [1.165, 1.54) is 57.8 Å². The molecule has 5 aliphatic rings. The second-order valence-electron chi connectivity index (χ2n) is 10.3. The molecule has 24 heavy (non-hydrogen) atoms. The first-order valence-corrected chi connectivity index (χ1v) is 10.3. The molecule has 5 fully saturated rings. The van der Waals surface area contributed by atoms with Gasteiger partial charge in [-0.1, -0.05) is 33.3 Å². The van der Waals surface area contributed by atoms with Gasteiger partial charge in [-0.3, -0.25) is 4.79 Å². The van der Waals surface area contributed by atoms with Crippen LogP contribution in [0, 0.1) is 35.0 Å². The maximum Gasteiger partial charge on any atom is 0.246 e. The van der Waals surface area contributed by atoms with E-state index in [1.54, 1.807) is 0 Å². The Morgan fingerprint density at radius 3 is 2.25 bits per heavy atom. The molecule has 1 amide bonds. The Kier molecular flexibility index (Phi) is 3.89. The predicted octanol–water partition coefficient (Wildman–Crippen LogP) is 5.09. The Labute approximate surface area is 147 Å². The quantitative estimate of drug-likeness (QED) is 0.718. The number of hydrogen-bond donors (Lipinski definition) is 1. The monoisotopic (exact) mass is 329 g/mol. The summed E-state index contributed by atoms with van der Waals surface area (Å²) in [5.74, 6) is 3.94. The van der Waals surface area contributed by atoms with Crippen LogP contribution in [0.25, 0.3) is 0 Å². The Balaban J connectivity index is 1.71. The van der Waals surface area contributed by atoms with E-state index < -0.39 is 0 Å². The van der Waals surface area contributed by atoms with Gasteiger partial charge in [0.05, 0.1) is 0 Å². The van der Waals surface area contributed by atoms with Crippen LogP contribution in [0.1, 0.15) is 78.6 Å². The average molecular weight is 330 g/mol. The van der Waals surface area contributed by atoms with Crippen molar-refractivity contribution >= 4 is 5.91 Å². The van der Waals surface area contributed by atoms with E-state index in [9.17, 15) is 4.79 Å². The molecule has 0 heterocycles. The number of rotatable bonds is 3. The van der Waals surface area contributed by atoms with Gasteiger partial charge in [0, 0.05) is 11.1 Å². The second-order valence-corrected chi connectivity index (χ2v) is 10.3. The Morgan fingerprint density at radius 2 is 1.71 bits per heavy atom. The van der Waals surface area contributed by atoms with E-state index >= 15 is 0 Å². The molecule has 5 aliphatic carbocycles. The van der Waals surface area contributed by atoms with Gasteiger partial charge in [-0.15, -0.1) is 0 Å². The molecule has 0 radical (unpaired) electrons. The van der Waals surface area contributed by atoms with Crippen molar-refractivity contribution in [3.8, 4) is 0 Å². The lowest BCUT2D eigenvalue weighted by Crippen LogP contribution is -2.71. The Hall–Kier alpha value is -0.790. The summed E-state index contributed by atoms with van der Waals surface area (Å²) in [6, 6.07) is 0. The molecular formula is C22H35NO. The van der Waals surface area contributed by atoms with Crippen LogP contribution in [0.15, 0.2) is 12.2 Å². The van der Waals surface area contributed by atoms with E-state index in [0.717, 1.165) is 11.8 Å². The fraction of sp³-hybridized carbons (Fsp3) is 0.864. The molecule has 0 aromatic rings. The minimum atomic E-state index is 0.0706. The highest BCUT2D eigenvalue weighted by Crippen LogP contribution is 2.66. The highest BCUT2D eigenvalue weighted by Gasteiger charge is 2.63. The number of carbonyl (C=O) groups is 1. The molecule has 4 bridgehead atoms. The van der Waals surface area contributed by atoms with Crippen LogP contribution in [0.2, 0.25) is 0 Å². The van der Waals surface area contributed by atoms with Crippen molar-refractivity contribution in [1.29, 1.82) is 0 Å². The molecule has 5 saturated carbocycles. The first kappa shape index (κ1) is 16.7. The number of amides is 1. The van der Waals surface area contributed by atoms with Crippen molar-refractivity contribution in [3.05, 3.63) is 12.2 Å². The van der Waals surface area contributed by atoms with E-state index in [0.29, 0.717) is 28.7 Å². The van der Waals surface area contributed by atoms with Crippen LogP contribution >= 0.6 is 0 Å². The van der Waals surface area contributed by atoms with Crippen molar-refractivity contribution in [2.45, 2.75) is 84.1 Å². The van der Waals surface area contributed by atoms with Gasteiger partial charge >= 0.3 is 0 Å². The van der Waals surface area contributed by atoms with Crippen LogP contribution < -0.4 is 5.32 Å². The molecule has 2 heteroatoms. The van der Waals surface area contributed by atoms with Crippen LogP contribution in [0.5, 0.6) is 0 Å². The third-order valence-electron chi connectivity index (χ3n) is 8.18. The van der Waals surface area contributed by atoms with E-state index in [2.05, 4.69) is 25.7 Å². The fourth-order valence-corrected chi connectivity index (χ4v) is 7.58. The Bertz CT molecular complexity index is 526. The molecular weight excluding hydrogens is 294 g/mol. The zero-order valence-electron chi connectivity index (χ0n) is 15.9. The van der Waals surface area contributed by atoms with Crippen molar-refractivity contribution in [1.82, 2.24) is 5.32 Å². The maximum atomic E-state index is 12.7. The zero-order chi connectivity index (χ0) is 17.1. The largest absolute Gasteiger partial charge is 0.346 e. The summed E-state index contributed by atoms with van der Waals surface area (Å²) >= 11 is 0. The summed E-state index contributed by atoms with van der Waals surface area (Å²) in [6.45, 7) is 10.7. The normalized spacial score (nSPS) is 49.9. The smallest absolute Gasteiger partial charge is 0.246 e. The second kappa shape index (κ2) is 5.61. The molecule has 0 spiro atoms. The molecule has 5 rings (SSSR count). The van der Waals surface area contributed by atoms with Crippen molar-refractivity contribution in [2.75, 3.05) is 0 Å². The van der Waals surface area contributed by atoms with Gasteiger partial charge in [-0.05, 0) is 86.9 Å². The third kappa shape index (κ3) is 2.47. The van der Waals surface area contributed by atoms with Gasteiger partial charge in [-0.2, -0.15) is 0 Å². The molecule has 2 nitrogen and oxygen atoms in total. The topological polar surface area (TPSA) is 29.1 Å². The lowest BCUT2D eigenvalue weighted by Gasteiger charge is -2.67. The van der Waals surface area contributed by atoms with E-state index in [4.69, 9.17) is 0 Å². The van der Waals surface area contributed by atoms with Crippen molar-refractivity contribution < 1.29 is 4.79 Å². The number of carbonyl (C=O) groups excluding carboxylic acids is 1. The summed E-state index contributed by atoms with van der Waals surface area (Å²) in [6.07, 6.45) is 12.2. The van der Waals surface area contributed by atoms with Gasteiger partial charge in [0.25, 0.3) is 0 Å². The molecule has 4 atom stereocenters. The van der Waals surface area contributed by atoms with Gasteiger partial charge in [0.1, 0.15) is 0 Å². The molecule has 0 aromatic heterocycles. The molecule has 0 saturated heterocycles. The zero-order valence-corrected chi connectivity index (χ0v) is 15.9. The molecule has 134 valence electrons. The summed E-state index contributed by atoms with van der Waals surface area (Å²) < 4.78 is 0. The third-order valence-corrected chi connectivity index (χ3v) is 8.18. The highest BCUT2D eigenvalue weighted by atomic mass is 16.1. The molecule has 1 N–H and O–H groups in total. The first-order valence-electron chi connectivity index (χ1n) is 10.3. The number of nitrogens with one attached hydrogen (secondary N) is 1. The predicted molar refractivity (Wildman–Crippen MR) is 98.5 cm³/mol. The van der Waals surface area contributed by atoms with Gasteiger partial charge in [0.15, 0.2) is 0 Å². The minimum Gasteiger partial charge on any atom is -0.346 e. The number of hydrogen-bond acceptors (Lipinski definition) is 1. The van der Waals surface area contributed by atoms with Gasteiger partial charge < -0.3 is 5.32 Å². The summed E-state index contributed by atoms with van der Waals surface area (Å²) in [5, 5.41) is 3.64. The van der Waals surface area contributed by atoms with Crippen molar-refractivity contribution in [2.24, 2.45) is 35.0 Å². The van der Waals surface area contributed by atoms with Crippen LogP contribution in [0.4, 0.5) is 0 Å². The van der Waals surface area contributed by atoms with Crippen LogP contribution in [0.3, 0.4) is 0 Å². The Morgan fingerprint density at radius 1 is 1.04 bits per heavy atom. The SMILES string of the molecule is C=C(C)C(=O)NC1(C2CCCC(C)C2)C2CC3CC1CC(C)(C3)C2. The molecule has 0 aliphatic heterocycles. The standard InChI is InChI=1S/C22H35NO/c1-14(2)20(24)23-22(17-7-5-6-15(3)8-17)18-9-16-10-19(22)13-21(4,11-16)12-18/h15-19H,1,5-13H2,2-4H3,(H,23,24). The van der Waals surface area contributed by atoms with Gasteiger partial charge in [0.2, 0.25) is 5.91 Å². The highest BCUT2D eigenvalue weighted by molar-refractivity contribution is 5.92. The van der Waals surface area contributed by atoms with Crippen LogP contribution in [-0.2, 0) is 4.79 Å². The summed E-state index contributed by atoms with van der Waals surface area (Å²) in [5.41, 5.74) is 1.30. The van der Waals surface area contributed by atoms with Crippen LogP contribution in [-0.4, -0.2) is 11.4 Å². The minimum absolute atomic E-state index is 0.0706. The van der Waals surface area contributed by atoms with E-state index in [1.807, 2.05) is 6.92 Å². The van der Waals surface area contributed by atoms with Crippen molar-refractivity contribution in [3.63, 3.8) is 0 Å². The van der Waals surface area contributed by atoms with E-state index in [-0.39, 0.29) is 11.4 Å². The average Bonchev–Trinajstić information content (AvgIpc) is 2.49. The lowest BCUT2D eigenvalue weighted by molar-refractivity contribution is -0.154. The lowest BCUT2D eigenvalue weighted by atomic mass is 9.41. The maximum absolute atomic E-state index is 12.7. The van der Waals surface area contributed by atoms with Gasteiger partial charge in [-0.25, -0.2) is 0 Å².